The molecule has 0 aliphatic heterocycles. The van der Waals surface area contributed by atoms with Gasteiger partial charge in [-0.15, -0.1) is 11.8 Å². The van der Waals surface area contributed by atoms with Crippen molar-refractivity contribution in [2.45, 2.75) is 29.4 Å². The Morgan fingerprint density at radius 3 is 2.54 bits per heavy atom. The van der Waals surface area contributed by atoms with Crippen molar-refractivity contribution < 1.29 is 8.78 Å². The fraction of sp³-hybridized carbons (Fsp3) is 0.400. The van der Waals surface area contributed by atoms with E-state index in [1.54, 1.807) is 0 Å². The van der Waals surface area contributed by atoms with Crippen LogP contribution in [0.25, 0.3) is 0 Å². The molecule has 13 heavy (non-hydrogen) atoms. The third-order valence-electron chi connectivity index (χ3n) is 2.24. The third kappa shape index (κ3) is 2.02. The average molecular weight is 200 g/mol. The van der Waals surface area contributed by atoms with Gasteiger partial charge in [-0.05, 0) is 25.0 Å². The van der Waals surface area contributed by atoms with Gasteiger partial charge in [-0.3, -0.25) is 0 Å². The minimum atomic E-state index is -0.504. The molecule has 0 saturated heterocycles. The fourth-order valence-corrected chi connectivity index (χ4v) is 2.49. The standard InChI is InChI=1S/C10H10F2S/c11-7-4-5-10(9(12)6-7)13-8-2-1-3-8/h4-6,8H,1-3H2. The summed E-state index contributed by atoms with van der Waals surface area (Å²) in [5.41, 5.74) is 0. The third-order valence-corrected chi connectivity index (χ3v) is 3.63. The largest absolute Gasteiger partial charge is 0.207 e. The summed E-state index contributed by atoms with van der Waals surface area (Å²) in [5.74, 6) is -0.938. The molecule has 0 unspecified atom stereocenters. The summed E-state index contributed by atoms with van der Waals surface area (Å²) in [6.07, 6.45) is 3.55. The summed E-state index contributed by atoms with van der Waals surface area (Å²) in [5, 5.41) is 0.542. The van der Waals surface area contributed by atoms with Crippen LogP contribution in [0.5, 0.6) is 0 Å². The summed E-state index contributed by atoms with van der Waals surface area (Å²) in [7, 11) is 0. The molecular formula is C10H10F2S. The molecule has 0 spiro atoms. The number of hydrogen-bond acceptors (Lipinski definition) is 1. The highest BCUT2D eigenvalue weighted by atomic mass is 32.2. The number of rotatable bonds is 2. The van der Waals surface area contributed by atoms with Gasteiger partial charge in [-0.1, -0.05) is 6.42 Å². The molecule has 2 rings (SSSR count). The van der Waals surface area contributed by atoms with Gasteiger partial charge in [0.2, 0.25) is 0 Å². The highest BCUT2D eigenvalue weighted by Crippen LogP contribution is 2.37. The van der Waals surface area contributed by atoms with Crippen LogP contribution in [0.2, 0.25) is 0 Å². The maximum absolute atomic E-state index is 13.1. The lowest BCUT2D eigenvalue weighted by Crippen LogP contribution is -2.12. The molecule has 0 radical (unpaired) electrons. The lowest BCUT2D eigenvalue weighted by atomic mass is 10.0. The van der Waals surface area contributed by atoms with Gasteiger partial charge in [0.15, 0.2) is 0 Å². The van der Waals surface area contributed by atoms with E-state index in [-0.39, 0.29) is 0 Å². The Morgan fingerprint density at radius 2 is 2.00 bits per heavy atom. The molecule has 0 atom stereocenters. The summed E-state index contributed by atoms with van der Waals surface area (Å²) in [4.78, 5) is 0.575. The van der Waals surface area contributed by atoms with Gasteiger partial charge in [0, 0.05) is 16.2 Å². The van der Waals surface area contributed by atoms with E-state index in [9.17, 15) is 8.78 Å². The Bertz CT molecular complexity index is 308. The molecule has 1 fully saturated rings. The predicted octanol–water partition coefficient (Wildman–Crippen LogP) is 3.61. The number of thioether (sulfide) groups is 1. The van der Waals surface area contributed by atoms with Crippen LogP contribution < -0.4 is 0 Å². The van der Waals surface area contributed by atoms with Crippen molar-refractivity contribution in [3.8, 4) is 0 Å². The molecule has 1 aromatic rings. The van der Waals surface area contributed by atoms with Gasteiger partial charge in [0.1, 0.15) is 11.6 Å². The smallest absolute Gasteiger partial charge is 0.139 e. The van der Waals surface area contributed by atoms with Crippen LogP contribution in [0.4, 0.5) is 8.78 Å². The van der Waals surface area contributed by atoms with Crippen LogP contribution in [-0.2, 0) is 0 Å². The first-order chi connectivity index (χ1) is 6.25. The average Bonchev–Trinajstić information content (AvgIpc) is 1.99. The van der Waals surface area contributed by atoms with Crippen molar-refractivity contribution in [2.24, 2.45) is 0 Å². The van der Waals surface area contributed by atoms with Gasteiger partial charge in [0.05, 0.1) is 0 Å². The highest BCUT2D eigenvalue weighted by Gasteiger charge is 2.19. The van der Waals surface area contributed by atoms with Gasteiger partial charge in [-0.25, -0.2) is 8.78 Å². The zero-order valence-electron chi connectivity index (χ0n) is 7.09. The topological polar surface area (TPSA) is 0 Å². The van der Waals surface area contributed by atoms with E-state index in [1.165, 1.54) is 30.3 Å². The second-order valence-electron chi connectivity index (χ2n) is 3.25. The molecular weight excluding hydrogens is 190 g/mol. The number of halogens is 2. The quantitative estimate of drug-likeness (QED) is 0.702. The first-order valence-corrected chi connectivity index (χ1v) is 5.25. The van der Waals surface area contributed by atoms with E-state index in [1.807, 2.05) is 0 Å². The van der Waals surface area contributed by atoms with E-state index in [4.69, 9.17) is 0 Å². The minimum absolute atomic E-state index is 0.433. The fourth-order valence-electron chi connectivity index (χ4n) is 1.24. The predicted molar refractivity (Wildman–Crippen MR) is 49.9 cm³/mol. The molecule has 1 aromatic carbocycles. The molecule has 3 heteroatoms. The summed E-state index contributed by atoms with van der Waals surface area (Å²) < 4.78 is 25.6. The van der Waals surface area contributed by atoms with Crippen LogP contribution in [0.1, 0.15) is 19.3 Å². The molecule has 0 amide bonds. The van der Waals surface area contributed by atoms with Gasteiger partial charge in [-0.2, -0.15) is 0 Å². The Morgan fingerprint density at radius 1 is 1.23 bits per heavy atom. The molecule has 0 nitrogen and oxygen atoms in total. The lowest BCUT2D eigenvalue weighted by Gasteiger charge is -2.24. The molecule has 1 saturated carbocycles. The van der Waals surface area contributed by atoms with Crippen LogP contribution in [-0.4, -0.2) is 5.25 Å². The van der Waals surface area contributed by atoms with Gasteiger partial charge in [0.25, 0.3) is 0 Å². The summed E-state index contributed by atoms with van der Waals surface area (Å²) >= 11 is 1.52. The first kappa shape index (κ1) is 9.00. The van der Waals surface area contributed by atoms with Gasteiger partial charge >= 0.3 is 0 Å². The zero-order valence-corrected chi connectivity index (χ0v) is 7.91. The summed E-state index contributed by atoms with van der Waals surface area (Å²) in [6.45, 7) is 0. The van der Waals surface area contributed by atoms with Crippen molar-refractivity contribution in [3.05, 3.63) is 29.8 Å². The Balaban J connectivity index is 2.10. The molecule has 0 aromatic heterocycles. The van der Waals surface area contributed by atoms with E-state index in [0.29, 0.717) is 10.1 Å². The Hall–Kier alpha value is -0.570. The maximum atomic E-state index is 13.1. The Labute approximate surface area is 80.3 Å². The second kappa shape index (κ2) is 3.66. The van der Waals surface area contributed by atoms with Crippen molar-refractivity contribution in [3.63, 3.8) is 0 Å². The van der Waals surface area contributed by atoms with Crippen LogP contribution in [0.15, 0.2) is 23.1 Å². The summed E-state index contributed by atoms with van der Waals surface area (Å²) in [6, 6.07) is 3.78. The van der Waals surface area contributed by atoms with Crippen LogP contribution >= 0.6 is 11.8 Å². The molecule has 0 heterocycles. The molecule has 0 bridgehead atoms. The maximum Gasteiger partial charge on any atom is 0.139 e. The van der Waals surface area contributed by atoms with E-state index in [0.717, 1.165) is 18.9 Å². The van der Waals surface area contributed by atoms with Gasteiger partial charge < -0.3 is 0 Å². The monoisotopic (exact) mass is 200 g/mol. The van der Waals surface area contributed by atoms with E-state index < -0.39 is 11.6 Å². The molecule has 1 aliphatic carbocycles. The first-order valence-electron chi connectivity index (χ1n) is 4.37. The molecule has 1 aliphatic rings. The van der Waals surface area contributed by atoms with Crippen molar-refractivity contribution in [1.82, 2.24) is 0 Å². The number of hydrogen-bond donors (Lipinski definition) is 0. The van der Waals surface area contributed by atoms with E-state index >= 15 is 0 Å². The van der Waals surface area contributed by atoms with Crippen LogP contribution in [0.3, 0.4) is 0 Å². The number of benzene rings is 1. The normalized spacial score (nSPS) is 17.1. The van der Waals surface area contributed by atoms with Crippen LogP contribution in [0, 0.1) is 11.6 Å². The van der Waals surface area contributed by atoms with Crippen molar-refractivity contribution in [2.75, 3.05) is 0 Å². The SMILES string of the molecule is Fc1ccc(SC2CCC2)c(F)c1. The molecule has 70 valence electrons. The van der Waals surface area contributed by atoms with E-state index in [2.05, 4.69) is 0 Å². The highest BCUT2D eigenvalue weighted by molar-refractivity contribution is 8.00. The lowest BCUT2D eigenvalue weighted by molar-refractivity contribution is 0.519. The zero-order chi connectivity index (χ0) is 9.26. The second-order valence-corrected chi connectivity index (χ2v) is 4.59. The van der Waals surface area contributed by atoms with Crippen molar-refractivity contribution in [1.29, 1.82) is 0 Å². The Kier molecular flexibility index (Phi) is 2.54. The minimum Gasteiger partial charge on any atom is -0.207 e. The molecule has 0 N–H and O–H groups in total. The van der Waals surface area contributed by atoms with Crippen molar-refractivity contribution >= 4 is 11.8 Å².